The van der Waals surface area contributed by atoms with Crippen LogP contribution in [0.5, 0.6) is 0 Å². The van der Waals surface area contributed by atoms with Crippen molar-refractivity contribution in [2.75, 3.05) is 7.05 Å². The van der Waals surface area contributed by atoms with Gasteiger partial charge in [-0.1, -0.05) is 36.4 Å². The second-order valence-electron chi connectivity index (χ2n) is 4.28. The third-order valence-electron chi connectivity index (χ3n) is 3.09. The Balaban J connectivity index is 2.72. The van der Waals surface area contributed by atoms with Crippen molar-refractivity contribution in [1.82, 2.24) is 5.32 Å². The molecule has 0 aromatic heterocycles. The number of rotatable bonds is 2. The van der Waals surface area contributed by atoms with Crippen LogP contribution in [0.1, 0.15) is 17.2 Å². The summed E-state index contributed by atoms with van der Waals surface area (Å²) in [6.07, 6.45) is -4.30. The molecule has 18 heavy (non-hydrogen) atoms. The van der Waals surface area contributed by atoms with Gasteiger partial charge in [0.25, 0.3) is 0 Å². The van der Waals surface area contributed by atoms with Crippen LogP contribution in [0.25, 0.3) is 10.8 Å². The lowest BCUT2D eigenvalue weighted by Gasteiger charge is -2.23. The predicted molar refractivity (Wildman–Crippen MR) is 66.5 cm³/mol. The Morgan fingerprint density at radius 1 is 1.06 bits per heavy atom. The van der Waals surface area contributed by atoms with E-state index in [1.165, 1.54) is 7.05 Å². The Morgan fingerprint density at radius 2 is 1.72 bits per heavy atom. The Labute approximate surface area is 104 Å². The smallest absolute Gasteiger partial charge is 0.306 e. The van der Waals surface area contributed by atoms with Crippen molar-refractivity contribution in [3.05, 3.63) is 47.5 Å². The summed E-state index contributed by atoms with van der Waals surface area (Å²) in [7, 11) is 1.33. The van der Waals surface area contributed by atoms with Crippen molar-refractivity contribution in [1.29, 1.82) is 0 Å². The summed E-state index contributed by atoms with van der Waals surface area (Å²) < 4.78 is 39.2. The van der Waals surface area contributed by atoms with Crippen LogP contribution in [0.15, 0.2) is 36.4 Å². The molecule has 1 unspecified atom stereocenters. The number of aryl methyl sites for hydroxylation is 1. The molecule has 0 amide bonds. The summed E-state index contributed by atoms with van der Waals surface area (Å²) in [5.74, 6) is 0. The van der Waals surface area contributed by atoms with E-state index in [0.29, 0.717) is 16.5 Å². The van der Waals surface area contributed by atoms with E-state index >= 15 is 0 Å². The van der Waals surface area contributed by atoms with E-state index in [1.807, 2.05) is 18.2 Å². The van der Waals surface area contributed by atoms with Gasteiger partial charge in [-0.3, -0.25) is 0 Å². The van der Waals surface area contributed by atoms with Crippen molar-refractivity contribution in [3.63, 3.8) is 0 Å². The highest BCUT2D eigenvalue weighted by Gasteiger charge is 2.41. The van der Waals surface area contributed by atoms with Crippen LogP contribution in [-0.2, 0) is 0 Å². The maximum absolute atomic E-state index is 13.1. The topological polar surface area (TPSA) is 12.0 Å². The van der Waals surface area contributed by atoms with Crippen molar-refractivity contribution >= 4 is 10.8 Å². The fourth-order valence-electron chi connectivity index (χ4n) is 2.26. The van der Waals surface area contributed by atoms with Gasteiger partial charge in [0.1, 0.15) is 6.04 Å². The van der Waals surface area contributed by atoms with Gasteiger partial charge in [0.2, 0.25) is 0 Å². The first kappa shape index (κ1) is 12.9. The second-order valence-corrected chi connectivity index (χ2v) is 4.28. The van der Waals surface area contributed by atoms with Crippen molar-refractivity contribution in [2.45, 2.75) is 19.1 Å². The first-order valence-electron chi connectivity index (χ1n) is 5.67. The average Bonchev–Trinajstić information content (AvgIpc) is 2.31. The minimum atomic E-state index is -4.30. The van der Waals surface area contributed by atoms with Crippen LogP contribution >= 0.6 is 0 Å². The lowest BCUT2D eigenvalue weighted by molar-refractivity contribution is -0.156. The lowest BCUT2D eigenvalue weighted by Crippen LogP contribution is -2.32. The van der Waals surface area contributed by atoms with Crippen molar-refractivity contribution in [2.24, 2.45) is 0 Å². The molecule has 0 aliphatic carbocycles. The van der Waals surface area contributed by atoms with Crippen molar-refractivity contribution < 1.29 is 13.2 Å². The summed E-state index contributed by atoms with van der Waals surface area (Å²) in [4.78, 5) is 0. The lowest BCUT2D eigenvalue weighted by atomic mass is 9.94. The van der Waals surface area contributed by atoms with Gasteiger partial charge in [0.05, 0.1) is 0 Å². The number of benzene rings is 2. The van der Waals surface area contributed by atoms with Gasteiger partial charge in [-0.2, -0.15) is 13.2 Å². The molecule has 1 atom stereocenters. The standard InChI is InChI=1S/C14H14F3N/c1-9-7-8-10-5-3-4-6-11(10)12(9)13(18-2)14(15,16)17/h3-8,13,18H,1-2H3. The van der Waals surface area contributed by atoms with E-state index in [1.54, 1.807) is 25.1 Å². The normalized spacial score (nSPS) is 13.8. The zero-order chi connectivity index (χ0) is 13.3. The largest absolute Gasteiger partial charge is 0.407 e. The van der Waals surface area contributed by atoms with Gasteiger partial charge in [0, 0.05) is 0 Å². The summed E-state index contributed by atoms with van der Waals surface area (Å²) in [6.45, 7) is 1.71. The predicted octanol–water partition coefficient (Wildman–Crippen LogP) is 3.97. The number of nitrogens with one attached hydrogen (secondary N) is 1. The SMILES string of the molecule is CNC(c1c(C)ccc2ccccc12)C(F)(F)F. The Kier molecular flexibility index (Phi) is 3.30. The van der Waals surface area contributed by atoms with Gasteiger partial charge >= 0.3 is 6.18 Å². The van der Waals surface area contributed by atoms with E-state index in [9.17, 15) is 13.2 Å². The molecular weight excluding hydrogens is 239 g/mol. The van der Waals surface area contributed by atoms with Crippen LogP contribution in [-0.4, -0.2) is 13.2 Å². The third-order valence-corrected chi connectivity index (χ3v) is 3.09. The highest BCUT2D eigenvalue weighted by atomic mass is 19.4. The molecule has 1 nitrogen and oxygen atoms in total. The third kappa shape index (κ3) is 2.20. The van der Waals surface area contributed by atoms with E-state index in [4.69, 9.17) is 0 Å². The van der Waals surface area contributed by atoms with Gasteiger partial charge < -0.3 is 5.32 Å². The quantitative estimate of drug-likeness (QED) is 0.853. The van der Waals surface area contributed by atoms with Gasteiger partial charge in [0.15, 0.2) is 0 Å². The first-order chi connectivity index (χ1) is 8.45. The number of hydrogen-bond acceptors (Lipinski definition) is 1. The van der Waals surface area contributed by atoms with Crippen LogP contribution in [0, 0.1) is 6.92 Å². The van der Waals surface area contributed by atoms with E-state index in [-0.39, 0.29) is 0 Å². The molecule has 0 aliphatic rings. The second kappa shape index (κ2) is 4.61. The molecule has 2 aromatic rings. The van der Waals surface area contributed by atoms with Crippen LogP contribution in [0.4, 0.5) is 13.2 Å². The Hall–Kier alpha value is -1.55. The number of fused-ring (bicyclic) bond motifs is 1. The maximum Gasteiger partial charge on any atom is 0.407 e. The molecule has 2 aromatic carbocycles. The van der Waals surface area contributed by atoms with E-state index < -0.39 is 12.2 Å². The fourth-order valence-corrected chi connectivity index (χ4v) is 2.26. The molecule has 96 valence electrons. The van der Waals surface area contributed by atoms with Gasteiger partial charge in [-0.15, -0.1) is 0 Å². The van der Waals surface area contributed by atoms with E-state index in [2.05, 4.69) is 5.32 Å². The Morgan fingerprint density at radius 3 is 2.33 bits per heavy atom. The molecule has 1 N–H and O–H groups in total. The summed E-state index contributed by atoms with van der Waals surface area (Å²) in [5.41, 5.74) is 0.952. The van der Waals surface area contributed by atoms with Crippen molar-refractivity contribution in [3.8, 4) is 0 Å². The molecule has 2 rings (SSSR count). The fraction of sp³-hybridized carbons (Fsp3) is 0.286. The Bertz CT molecular complexity index is 560. The molecule has 0 saturated heterocycles. The van der Waals surface area contributed by atoms with Gasteiger partial charge in [-0.05, 0) is 35.9 Å². The highest BCUT2D eigenvalue weighted by Crippen LogP contribution is 2.37. The zero-order valence-corrected chi connectivity index (χ0v) is 10.2. The minimum absolute atomic E-state index is 0.308. The summed E-state index contributed by atoms with van der Waals surface area (Å²) >= 11 is 0. The molecule has 0 fully saturated rings. The van der Waals surface area contributed by atoms with Crippen LogP contribution in [0.3, 0.4) is 0 Å². The number of halogens is 3. The van der Waals surface area contributed by atoms with E-state index in [0.717, 1.165) is 5.39 Å². The molecule has 0 heterocycles. The molecule has 0 spiro atoms. The number of hydrogen-bond donors (Lipinski definition) is 1. The summed E-state index contributed by atoms with van der Waals surface area (Å²) in [5, 5.41) is 3.84. The zero-order valence-electron chi connectivity index (χ0n) is 10.2. The average molecular weight is 253 g/mol. The maximum atomic E-state index is 13.1. The molecule has 0 saturated carbocycles. The molecule has 0 radical (unpaired) electrons. The van der Waals surface area contributed by atoms with Crippen LogP contribution < -0.4 is 5.32 Å². The monoisotopic (exact) mass is 253 g/mol. The molecule has 0 aliphatic heterocycles. The van der Waals surface area contributed by atoms with Gasteiger partial charge in [-0.25, -0.2) is 0 Å². The first-order valence-corrected chi connectivity index (χ1v) is 5.67. The summed E-state index contributed by atoms with van der Waals surface area (Å²) in [6, 6.07) is 9.07. The molecular formula is C14H14F3N. The van der Waals surface area contributed by atoms with Crippen LogP contribution in [0.2, 0.25) is 0 Å². The number of alkyl halides is 3. The molecule has 4 heteroatoms. The minimum Gasteiger partial charge on any atom is -0.306 e. The highest BCUT2D eigenvalue weighted by molar-refractivity contribution is 5.87. The molecule has 0 bridgehead atoms.